The van der Waals surface area contributed by atoms with Crippen molar-refractivity contribution in [1.82, 2.24) is 4.90 Å². The molecule has 4 heteroatoms. The zero-order chi connectivity index (χ0) is 18.9. The molecule has 0 bridgehead atoms. The van der Waals surface area contributed by atoms with Gasteiger partial charge in [0.05, 0.1) is 5.92 Å². The number of carbonyl (C=O) groups excluding carboxylic acids is 1. The highest BCUT2D eigenvalue weighted by atomic mass is 16.4. The Morgan fingerprint density at radius 3 is 2.65 bits per heavy atom. The van der Waals surface area contributed by atoms with E-state index in [9.17, 15) is 14.7 Å². The van der Waals surface area contributed by atoms with E-state index in [2.05, 4.69) is 19.9 Å². The molecule has 3 fully saturated rings. The lowest BCUT2D eigenvalue weighted by atomic mass is 9.48. The third-order valence-electron chi connectivity index (χ3n) is 9.08. The Kier molecular flexibility index (Phi) is 4.06. The summed E-state index contributed by atoms with van der Waals surface area (Å²) < 4.78 is 0. The van der Waals surface area contributed by atoms with Gasteiger partial charge in [0.1, 0.15) is 0 Å². The smallest absolute Gasteiger partial charge is 0.306 e. The molecule has 1 amide bonds. The monoisotopic (exact) mass is 359 g/mol. The molecular formula is C22H33NO3. The van der Waals surface area contributed by atoms with Crippen LogP contribution in [0.15, 0.2) is 11.8 Å². The lowest BCUT2D eigenvalue weighted by Gasteiger charge is -2.58. The maximum Gasteiger partial charge on any atom is 0.306 e. The van der Waals surface area contributed by atoms with Gasteiger partial charge in [0, 0.05) is 24.6 Å². The number of nitrogens with zero attached hydrogens (tertiary/aromatic N) is 1. The molecule has 4 aliphatic rings. The molecule has 7 atom stereocenters. The lowest BCUT2D eigenvalue weighted by molar-refractivity contribution is -0.146. The molecule has 4 nitrogen and oxygen atoms in total. The number of hydrogen-bond donors (Lipinski definition) is 1. The van der Waals surface area contributed by atoms with Crippen molar-refractivity contribution in [2.75, 3.05) is 7.05 Å². The second kappa shape index (κ2) is 5.84. The largest absolute Gasteiger partial charge is 0.481 e. The average molecular weight is 360 g/mol. The first-order valence-corrected chi connectivity index (χ1v) is 10.4. The first-order valence-electron chi connectivity index (χ1n) is 10.4. The van der Waals surface area contributed by atoms with E-state index < -0.39 is 5.97 Å². The minimum atomic E-state index is -0.635. The second-order valence-electron chi connectivity index (χ2n) is 9.93. The Bertz CT molecular complexity index is 670. The van der Waals surface area contributed by atoms with Crippen LogP contribution in [0.4, 0.5) is 0 Å². The third-order valence-corrected chi connectivity index (χ3v) is 9.08. The maximum atomic E-state index is 12.2. The number of likely N-dealkylation sites (tertiary alicyclic amines) is 1. The summed E-state index contributed by atoms with van der Waals surface area (Å²) in [4.78, 5) is 25.8. The Balaban J connectivity index is 1.66. The Morgan fingerprint density at radius 1 is 1.23 bits per heavy atom. The molecule has 1 saturated heterocycles. The van der Waals surface area contributed by atoms with Gasteiger partial charge in [0.15, 0.2) is 0 Å². The van der Waals surface area contributed by atoms with Crippen molar-refractivity contribution in [2.24, 2.45) is 40.4 Å². The fourth-order valence-corrected chi connectivity index (χ4v) is 7.61. The van der Waals surface area contributed by atoms with Gasteiger partial charge in [0.2, 0.25) is 5.91 Å². The quantitative estimate of drug-likeness (QED) is 0.799. The van der Waals surface area contributed by atoms with E-state index in [1.54, 1.807) is 0 Å². The highest BCUT2D eigenvalue weighted by Gasteiger charge is 2.60. The number of carboxylic acid groups (broad SMARTS) is 1. The second-order valence-corrected chi connectivity index (χ2v) is 9.93. The molecule has 2 saturated carbocycles. The molecule has 4 rings (SSSR count). The standard InChI is InChI=1S/C22H33NO3/c1-13(20(25)26)15-6-7-16-14-5-8-18-22(3,12-10-19(24)23(18)4)17(14)9-11-21(15,16)2/h8,13-17H,5-7,9-12H2,1-4H3,(H,25,26)/t13?,14-,15+,16-,17-,21+,22+/m0/s1. The molecule has 1 unspecified atom stereocenters. The number of carbonyl (C=O) groups is 2. The van der Waals surface area contributed by atoms with E-state index in [0.717, 1.165) is 25.7 Å². The van der Waals surface area contributed by atoms with Crippen LogP contribution in [0.5, 0.6) is 0 Å². The van der Waals surface area contributed by atoms with Gasteiger partial charge in [0.25, 0.3) is 0 Å². The highest BCUT2D eigenvalue weighted by Crippen LogP contribution is 2.66. The van der Waals surface area contributed by atoms with Crippen molar-refractivity contribution >= 4 is 11.9 Å². The summed E-state index contributed by atoms with van der Waals surface area (Å²) in [5, 5.41) is 9.58. The average Bonchev–Trinajstić information content (AvgIpc) is 2.95. The molecule has 0 spiro atoms. The first-order chi connectivity index (χ1) is 12.2. The van der Waals surface area contributed by atoms with Crippen molar-refractivity contribution in [3.8, 4) is 0 Å². The number of amides is 1. The van der Waals surface area contributed by atoms with Crippen LogP contribution in [-0.2, 0) is 9.59 Å². The minimum Gasteiger partial charge on any atom is -0.481 e. The fraction of sp³-hybridized carbons (Fsp3) is 0.818. The van der Waals surface area contributed by atoms with Gasteiger partial charge in [-0.05, 0) is 67.6 Å². The zero-order valence-electron chi connectivity index (χ0n) is 16.6. The van der Waals surface area contributed by atoms with Crippen LogP contribution in [0.2, 0.25) is 0 Å². The SMILES string of the molecule is CC(C(=O)O)[C@H]1CC[C@H]2[C@@H]3CC=C4N(C)C(=O)CC[C@]4(C)[C@H]3CC[C@]12C. The van der Waals surface area contributed by atoms with Crippen LogP contribution >= 0.6 is 0 Å². The van der Waals surface area contributed by atoms with Gasteiger partial charge in [-0.1, -0.05) is 26.8 Å². The van der Waals surface area contributed by atoms with Crippen LogP contribution in [0.1, 0.15) is 65.7 Å². The molecule has 0 aromatic heterocycles. The summed E-state index contributed by atoms with van der Waals surface area (Å²) in [5.41, 5.74) is 1.53. The third kappa shape index (κ3) is 2.26. The Hall–Kier alpha value is -1.32. The van der Waals surface area contributed by atoms with Crippen LogP contribution in [-0.4, -0.2) is 28.9 Å². The van der Waals surface area contributed by atoms with E-state index in [1.807, 2.05) is 18.9 Å². The number of rotatable bonds is 2. The predicted molar refractivity (Wildman–Crippen MR) is 100 cm³/mol. The normalized spacial score (nSPS) is 46.1. The van der Waals surface area contributed by atoms with E-state index in [1.165, 1.54) is 18.5 Å². The Labute approximate surface area is 157 Å². The van der Waals surface area contributed by atoms with Gasteiger partial charge in [-0.2, -0.15) is 0 Å². The number of carboxylic acids is 1. The Morgan fingerprint density at radius 2 is 1.96 bits per heavy atom. The van der Waals surface area contributed by atoms with Crippen molar-refractivity contribution in [1.29, 1.82) is 0 Å². The molecule has 1 N–H and O–H groups in total. The molecule has 26 heavy (non-hydrogen) atoms. The van der Waals surface area contributed by atoms with E-state index in [0.29, 0.717) is 30.1 Å². The van der Waals surface area contributed by atoms with E-state index in [4.69, 9.17) is 0 Å². The van der Waals surface area contributed by atoms with Gasteiger partial charge < -0.3 is 10.0 Å². The van der Waals surface area contributed by atoms with Gasteiger partial charge in [-0.3, -0.25) is 9.59 Å². The summed E-state index contributed by atoms with van der Waals surface area (Å²) in [6.07, 6.45) is 9.59. The van der Waals surface area contributed by atoms with Gasteiger partial charge >= 0.3 is 5.97 Å². The highest BCUT2D eigenvalue weighted by molar-refractivity contribution is 5.79. The van der Waals surface area contributed by atoms with Crippen molar-refractivity contribution in [2.45, 2.75) is 65.7 Å². The first kappa shape index (κ1) is 18.1. The molecule has 0 radical (unpaired) electrons. The van der Waals surface area contributed by atoms with E-state index >= 15 is 0 Å². The molecule has 0 aromatic rings. The summed E-state index contributed by atoms with van der Waals surface area (Å²) in [5.74, 6) is 1.59. The molecule has 1 aliphatic heterocycles. The summed E-state index contributed by atoms with van der Waals surface area (Å²) in [6, 6.07) is 0. The fourth-order valence-electron chi connectivity index (χ4n) is 7.61. The minimum absolute atomic E-state index is 0.114. The summed E-state index contributed by atoms with van der Waals surface area (Å²) in [7, 11) is 1.94. The molecule has 1 heterocycles. The molecule has 144 valence electrons. The maximum absolute atomic E-state index is 12.2. The number of allylic oxidation sites excluding steroid dienone is 2. The molecule has 3 aliphatic carbocycles. The lowest BCUT2D eigenvalue weighted by Crippen LogP contribution is -2.54. The van der Waals surface area contributed by atoms with Crippen molar-refractivity contribution < 1.29 is 14.7 Å². The topological polar surface area (TPSA) is 57.6 Å². The summed E-state index contributed by atoms with van der Waals surface area (Å²) in [6.45, 7) is 6.67. The van der Waals surface area contributed by atoms with Crippen LogP contribution in [0.25, 0.3) is 0 Å². The predicted octanol–water partition coefficient (Wildman–Crippen LogP) is 4.31. The zero-order valence-corrected chi connectivity index (χ0v) is 16.6. The van der Waals surface area contributed by atoms with Crippen LogP contribution in [0.3, 0.4) is 0 Å². The number of hydrogen-bond acceptors (Lipinski definition) is 2. The van der Waals surface area contributed by atoms with E-state index in [-0.39, 0.29) is 22.7 Å². The van der Waals surface area contributed by atoms with Gasteiger partial charge in [-0.25, -0.2) is 0 Å². The van der Waals surface area contributed by atoms with Crippen molar-refractivity contribution in [3.63, 3.8) is 0 Å². The number of aliphatic carboxylic acids is 1. The van der Waals surface area contributed by atoms with Crippen molar-refractivity contribution in [3.05, 3.63) is 11.8 Å². The number of fused-ring (bicyclic) bond motifs is 5. The van der Waals surface area contributed by atoms with Crippen LogP contribution < -0.4 is 0 Å². The van der Waals surface area contributed by atoms with Gasteiger partial charge in [-0.15, -0.1) is 0 Å². The number of piperidine rings is 1. The van der Waals surface area contributed by atoms with Crippen LogP contribution in [0, 0.1) is 40.4 Å². The molecule has 0 aromatic carbocycles. The molecular weight excluding hydrogens is 326 g/mol. The summed E-state index contributed by atoms with van der Waals surface area (Å²) >= 11 is 0.